The molecule has 0 aliphatic carbocycles. The zero-order chi connectivity index (χ0) is 24.1. The molecule has 7 nitrogen and oxygen atoms in total. The molecule has 0 unspecified atom stereocenters. The van der Waals surface area contributed by atoms with Crippen molar-refractivity contribution in [3.63, 3.8) is 0 Å². The van der Waals surface area contributed by atoms with Crippen molar-refractivity contribution in [3.05, 3.63) is 53.1 Å². The largest absolute Gasteiger partial charge is 0.454 e. The molecule has 0 bridgehead atoms. The second kappa shape index (κ2) is 8.35. The van der Waals surface area contributed by atoms with Crippen molar-refractivity contribution in [1.82, 2.24) is 19.5 Å². The van der Waals surface area contributed by atoms with E-state index in [1.54, 1.807) is 12.1 Å². The van der Waals surface area contributed by atoms with Gasteiger partial charge in [-0.1, -0.05) is 17.2 Å². The van der Waals surface area contributed by atoms with Gasteiger partial charge in [-0.2, -0.15) is 0 Å². The molecule has 0 saturated carbocycles. The number of nitrogen functional groups attached to an aromatic ring is 1. The van der Waals surface area contributed by atoms with Gasteiger partial charge in [0.2, 0.25) is 12.6 Å². The third-order valence-corrected chi connectivity index (χ3v) is 6.44. The Morgan fingerprint density at radius 3 is 2.32 bits per heavy atom. The number of aromatic nitrogens is 4. The van der Waals surface area contributed by atoms with Crippen LogP contribution in [0.3, 0.4) is 0 Å². The number of nitrogens with zero attached hydrogens (tertiary/aromatic N) is 4. The van der Waals surface area contributed by atoms with Gasteiger partial charge in [-0.3, -0.25) is 0 Å². The van der Waals surface area contributed by atoms with Crippen molar-refractivity contribution >= 4 is 42.1 Å². The zero-order valence-electron chi connectivity index (χ0n) is 17.3. The van der Waals surface area contributed by atoms with Gasteiger partial charge < -0.3 is 19.8 Å². The topological polar surface area (TPSA) is 88.1 Å². The van der Waals surface area contributed by atoms with Crippen LogP contribution in [0.15, 0.2) is 28.5 Å². The Hall–Kier alpha value is -3.55. The first-order chi connectivity index (χ1) is 16.3. The van der Waals surface area contributed by atoms with Crippen LogP contribution in [0.1, 0.15) is 5.56 Å². The van der Waals surface area contributed by atoms with Crippen molar-refractivity contribution in [2.75, 3.05) is 12.5 Å². The molecule has 0 spiro atoms. The van der Waals surface area contributed by atoms with Gasteiger partial charge in [0.1, 0.15) is 14.2 Å². The lowest BCUT2D eigenvalue weighted by Crippen LogP contribution is -2.12. The third kappa shape index (κ3) is 3.58. The lowest BCUT2D eigenvalue weighted by molar-refractivity contribution is 0.174. The quantitative estimate of drug-likeness (QED) is 0.198. The van der Waals surface area contributed by atoms with E-state index in [1.807, 2.05) is 7.85 Å². The van der Waals surface area contributed by atoms with E-state index in [0.717, 1.165) is 10.4 Å². The summed E-state index contributed by atoms with van der Waals surface area (Å²) < 4.78 is 81.4. The van der Waals surface area contributed by atoms with E-state index in [4.69, 9.17) is 15.2 Å². The van der Waals surface area contributed by atoms with Crippen molar-refractivity contribution < 1.29 is 31.4 Å². The van der Waals surface area contributed by atoms with Crippen LogP contribution >= 0.6 is 11.8 Å². The number of halogens is 5. The van der Waals surface area contributed by atoms with E-state index < -0.39 is 41.1 Å². The number of rotatable bonds is 5. The minimum absolute atomic E-state index is 0.0734. The van der Waals surface area contributed by atoms with Gasteiger partial charge in [-0.25, -0.2) is 36.9 Å². The van der Waals surface area contributed by atoms with Crippen molar-refractivity contribution in [2.45, 2.75) is 23.0 Å². The predicted molar refractivity (Wildman–Crippen MR) is 115 cm³/mol. The fraction of sp³-hybridized carbons (Fsp3) is 0.150. The van der Waals surface area contributed by atoms with E-state index in [9.17, 15) is 22.0 Å². The van der Waals surface area contributed by atoms with Crippen molar-refractivity contribution in [3.8, 4) is 11.5 Å². The van der Waals surface area contributed by atoms with Gasteiger partial charge in [0.25, 0.3) is 0 Å². The number of nitrogens with two attached hydrogens (primary N) is 1. The fourth-order valence-corrected chi connectivity index (χ4v) is 4.55. The fourth-order valence-electron chi connectivity index (χ4n) is 3.54. The second-order valence-corrected chi connectivity index (χ2v) is 8.36. The Bertz CT molecular complexity index is 1440. The lowest BCUT2D eigenvalue weighted by atomic mass is 9.96. The van der Waals surface area contributed by atoms with Crippen LogP contribution in [0.5, 0.6) is 11.5 Å². The summed E-state index contributed by atoms with van der Waals surface area (Å²) >= 11 is 1.19. The first kappa shape index (κ1) is 22.3. The normalized spacial score (nSPS) is 12.6. The zero-order valence-corrected chi connectivity index (χ0v) is 18.2. The molecule has 2 N–H and O–H groups in total. The summed E-state index contributed by atoms with van der Waals surface area (Å²) in [6.45, 7) is -0.104. The number of hydrogen-bond donors (Lipinski definition) is 1. The van der Waals surface area contributed by atoms with Gasteiger partial charge in [0.15, 0.2) is 56.9 Å². The first-order valence-electron chi connectivity index (χ1n) is 9.81. The predicted octanol–water partition coefficient (Wildman–Crippen LogP) is 2.49. The van der Waals surface area contributed by atoms with Gasteiger partial charge in [0.05, 0.1) is 0 Å². The summed E-state index contributed by atoms with van der Waals surface area (Å²) in [6, 6.07) is 3.55. The Kier molecular flexibility index (Phi) is 5.46. The number of benzene rings is 2. The molecule has 0 radical (unpaired) electrons. The average Bonchev–Trinajstić information content (AvgIpc) is 3.41. The molecule has 0 amide bonds. The molecule has 2 aromatic carbocycles. The highest BCUT2D eigenvalue weighted by atomic mass is 32.2. The van der Waals surface area contributed by atoms with Gasteiger partial charge >= 0.3 is 0 Å². The maximum Gasteiger partial charge on any atom is 0.231 e. The molecule has 0 atom stereocenters. The molecule has 0 fully saturated rings. The molecule has 4 aromatic rings. The van der Waals surface area contributed by atoms with E-state index in [0.29, 0.717) is 16.7 Å². The minimum atomic E-state index is -2.21. The number of aryl methyl sites for hydroxylation is 1. The van der Waals surface area contributed by atoms with Crippen LogP contribution in [0.25, 0.3) is 11.2 Å². The standard InChI is InChI=1S/C20H13BF5N5O2S/c21-8-3-9-10(33-6-32-9)4-11(8)34-20-30-17-18(27)28-5-29-19(17)31(20)2-1-7-12(22)14(24)16(26)15(25)13(7)23/h3-5H,1-2,6,21H2,(H2,27,28,29). The van der Waals surface area contributed by atoms with E-state index >= 15 is 0 Å². The summed E-state index contributed by atoms with van der Waals surface area (Å²) in [5, 5.41) is 0.327. The van der Waals surface area contributed by atoms with Gasteiger partial charge in [-0.15, -0.1) is 0 Å². The molecule has 5 rings (SSSR count). The number of hydrogen-bond acceptors (Lipinski definition) is 7. The first-order valence-corrected chi connectivity index (χ1v) is 10.6. The smallest absolute Gasteiger partial charge is 0.231 e. The van der Waals surface area contributed by atoms with E-state index in [-0.39, 0.29) is 30.3 Å². The Morgan fingerprint density at radius 2 is 1.62 bits per heavy atom. The number of anilines is 1. The highest BCUT2D eigenvalue weighted by Crippen LogP contribution is 2.37. The molecule has 3 heterocycles. The van der Waals surface area contributed by atoms with Crippen molar-refractivity contribution in [2.24, 2.45) is 0 Å². The van der Waals surface area contributed by atoms with Crippen LogP contribution in [-0.4, -0.2) is 34.2 Å². The molecule has 1 aliphatic heterocycles. The lowest BCUT2D eigenvalue weighted by Gasteiger charge is -2.12. The van der Waals surface area contributed by atoms with Crippen molar-refractivity contribution in [1.29, 1.82) is 0 Å². The highest BCUT2D eigenvalue weighted by molar-refractivity contribution is 7.99. The Labute approximate surface area is 193 Å². The number of fused-ring (bicyclic) bond motifs is 2. The molecular weight excluding hydrogens is 480 g/mol. The Balaban J connectivity index is 1.56. The van der Waals surface area contributed by atoms with Gasteiger partial charge in [0, 0.05) is 17.0 Å². The van der Waals surface area contributed by atoms with Crippen LogP contribution in [-0.2, 0) is 13.0 Å². The Morgan fingerprint density at radius 1 is 0.971 bits per heavy atom. The molecule has 174 valence electrons. The monoisotopic (exact) mass is 493 g/mol. The summed E-state index contributed by atoms with van der Waals surface area (Å²) in [5.41, 5.74) is 6.30. The second-order valence-electron chi connectivity index (χ2n) is 7.35. The van der Waals surface area contributed by atoms with Crippen LogP contribution in [0, 0.1) is 29.1 Å². The highest BCUT2D eigenvalue weighted by Gasteiger charge is 2.26. The maximum absolute atomic E-state index is 14.2. The van der Waals surface area contributed by atoms with Crippen LogP contribution in [0.4, 0.5) is 27.8 Å². The van der Waals surface area contributed by atoms with Crippen LogP contribution in [0.2, 0.25) is 0 Å². The molecule has 34 heavy (non-hydrogen) atoms. The molecule has 1 aliphatic rings. The molecule has 0 saturated heterocycles. The minimum Gasteiger partial charge on any atom is -0.454 e. The SMILES string of the molecule is Bc1cc2c(cc1Sc1nc3c(N)ncnc3n1CCc1c(F)c(F)c(F)c(F)c1F)OCO2. The third-order valence-electron chi connectivity index (χ3n) is 5.28. The molecule has 14 heteroatoms. The van der Waals surface area contributed by atoms with E-state index in [1.165, 1.54) is 22.7 Å². The maximum atomic E-state index is 14.2. The van der Waals surface area contributed by atoms with Gasteiger partial charge in [-0.05, 0) is 18.6 Å². The molecular formula is C20H13BF5N5O2S. The number of imidazole rings is 1. The summed E-state index contributed by atoms with van der Waals surface area (Å²) in [4.78, 5) is 13.2. The average molecular weight is 493 g/mol. The number of ether oxygens (including phenoxy) is 2. The summed E-state index contributed by atoms with van der Waals surface area (Å²) in [6.07, 6.45) is 0.670. The summed E-state index contributed by atoms with van der Waals surface area (Å²) in [5.74, 6) is -8.76. The van der Waals surface area contributed by atoms with Crippen LogP contribution < -0.4 is 20.7 Å². The summed E-state index contributed by atoms with van der Waals surface area (Å²) in [7, 11) is 1.85. The van der Waals surface area contributed by atoms with E-state index in [2.05, 4.69) is 15.0 Å². The molecule has 2 aromatic heterocycles.